The molecule has 19 heavy (non-hydrogen) atoms. The monoisotopic (exact) mass is 261 g/mol. The highest BCUT2D eigenvalue weighted by molar-refractivity contribution is 5.91. The Morgan fingerprint density at radius 2 is 2.05 bits per heavy atom. The fourth-order valence-electron chi connectivity index (χ4n) is 2.01. The molecule has 2 rings (SSSR count). The molecule has 0 heterocycles. The molecule has 1 saturated carbocycles. The van der Waals surface area contributed by atoms with Crippen LogP contribution in [0.3, 0.4) is 0 Å². The van der Waals surface area contributed by atoms with E-state index >= 15 is 0 Å². The van der Waals surface area contributed by atoms with Gasteiger partial charge >= 0.3 is 0 Å². The van der Waals surface area contributed by atoms with Crippen LogP contribution >= 0.6 is 0 Å². The molecule has 1 aliphatic carbocycles. The third-order valence-corrected chi connectivity index (χ3v) is 3.14. The molecule has 0 saturated heterocycles. The smallest absolute Gasteiger partial charge is 0.225 e. The first kappa shape index (κ1) is 14.0. The molecule has 1 aromatic rings. The number of carbonyl (C=O) groups is 1. The summed E-state index contributed by atoms with van der Waals surface area (Å²) in [5.41, 5.74) is 2.07. The summed E-state index contributed by atoms with van der Waals surface area (Å²) in [5, 5.41) is 6.36. The van der Waals surface area contributed by atoms with Gasteiger partial charge in [-0.05, 0) is 38.6 Å². The number of rotatable bonds is 7. The van der Waals surface area contributed by atoms with Crippen LogP contribution in [0.15, 0.2) is 24.3 Å². The Balaban J connectivity index is 1.84. The predicted octanol–water partition coefficient (Wildman–Crippen LogP) is 1.83. The van der Waals surface area contributed by atoms with Crippen LogP contribution in [0.2, 0.25) is 0 Å². The quantitative estimate of drug-likeness (QED) is 0.787. The molecule has 4 nitrogen and oxygen atoms in total. The van der Waals surface area contributed by atoms with Gasteiger partial charge in [-0.1, -0.05) is 18.2 Å². The first-order valence-electron chi connectivity index (χ1n) is 6.91. The number of carbonyl (C=O) groups excluding carboxylic acids is 1. The second kappa shape index (κ2) is 6.68. The van der Waals surface area contributed by atoms with E-state index in [4.69, 9.17) is 0 Å². The van der Waals surface area contributed by atoms with Gasteiger partial charge in [0.15, 0.2) is 0 Å². The van der Waals surface area contributed by atoms with Crippen LogP contribution in [-0.2, 0) is 11.3 Å². The topological polar surface area (TPSA) is 44.4 Å². The fourth-order valence-corrected chi connectivity index (χ4v) is 2.01. The summed E-state index contributed by atoms with van der Waals surface area (Å²) in [6.45, 7) is 1.60. The highest BCUT2D eigenvalue weighted by Gasteiger charge is 2.20. The molecule has 1 aliphatic rings. The summed E-state index contributed by atoms with van der Waals surface area (Å²) < 4.78 is 0. The van der Waals surface area contributed by atoms with Crippen LogP contribution in [0.5, 0.6) is 0 Å². The maximum Gasteiger partial charge on any atom is 0.225 e. The van der Waals surface area contributed by atoms with E-state index in [9.17, 15) is 4.79 Å². The normalized spacial score (nSPS) is 14.7. The van der Waals surface area contributed by atoms with Crippen molar-refractivity contribution < 1.29 is 4.79 Å². The van der Waals surface area contributed by atoms with Gasteiger partial charge in [0.1, 0.15) is 0 Å². The van der Waals surface area contributed by atoms with E-state index in [0.29, 0.717) is 12.5 Å². The number of benzene rings is 1. The highest BCUT2D eigenvalue weighted by atomic mass is 16.1. The van der Waals surface area contributed by atoms with Gasteiger partial charge in [0.25, 0.3) is 0 Å². The lowest BCUT2D eigenvalue weighted by Gasteiger charge is -2.15. The average Bonchev–Trinajstić information content (AvgIpc) is 3.15. The Kier molecular flexibility index (Phi) is 4.93. The molecule has 0 aromatic heterocycles. The summed E-state index contributed by atoms with van der Waals surface area (Å²) in [6.07, 6.45) is 3.05. The van der Waals surface area contributed by atoms with Crippen molar-refractivity contribution in [3.05, 3.63) is 29.8 Å². The Bertz CT molecular complexity index is 427. The number of amides is 1. The van der Waals surface area contributed by atoms with Crippen LogP contribution in [0, 0.1) is 0 Å². The van der Waals surface area contributed by atoms with E-state index in [1.165, 1.54) is 12.8 Å². The Hall–Kier alpha value is -1.39. The second-order valence-electron chi connectivity index (χ2n) is 5.42. The number of nitrogens with one attached hydrogen (secondary N) is 2. The molecule has 2 N–H and O–H groups in total. The Labute approximate surface area is 115 Å². The van der Waals surface area contributed by atoms with Crippen molar-refractivity contribution in [1.82, 2.24) is 10.2 Å². The molecular formula is C15H23N3O. The van der Waals surface area contributed by atoms with E-state index in [2.05, 4.69) is 21.6 Å². The van der Waals surface area contributed by atoms with E-state index in [1.54, 1.807) is 0 Å². The second-order valence-corrected chi connectivity index (χ2v) is 5.42. The number of anilines is 1. The van der Waals surface area contributed by atoms with Gasteiger partial charge in [0.2, 0.25) is 5.91 Å². The van der Waals surface area contributed by atoms with Gasteiger partial charge < -0.3 is 15.5 Å². The van der Waals surface area contributed by atoms with Crippen molar-refractivity contribution in [1.29, 1.82) is 0 Å². The van der Waals surface area contributed by atoms with Crippen molar-refractivity contribution in [3.63, 3.8) is 0 Å². The summed E-state index contributed by atoms with van der Waals surface area (Å²) in [4.78, 5) is 14.0. The van der Waals surface area contributed by atoms with Gasteiger partial charge in [-0.15, -0.1) is 0 Å². The SMILES string of the molecule is CN(C)Cc1ccccc1NC(=O)CCNC1CC1. The lowest BCUT2D eigenvalue weighted by molar-refractivity contribution is -0.116. The first-order valence-corrected chi connectivity index (χ1v) is 6.91. The molecule has 1 amide bonds. The zero-order chi connectivity index (χ0) is 13.7. The Morgan fingerprint density at radius 3 is 2.74 bits per heavy atom. The highest BCUT2D eigenvalue weighted by Crippen LogP contribution is 2.19. The van der Waals surface area contributed by atoms with E-state index in [0.717, 1.165) is 24.3 Å². The number of nitrogens with zero attached hydrogens (tertiary/aromatic N) is 1. The molecule has 0 spiro atoms. The average molecular weight is 261 g/mol. The van der Waals surface area contributed by atoms with Crippen molar-refractivity contribution in [2.45, 2.75) is 31.8 Å². The summed E-state index contributed by atoms with van der Waals surface area (Å²) >= 11 is 0. The summed E-state index contributed by atoms with van der Waals surface area (Å²) in [5.74, 6) is 0.0827. The van der Waals surface area contributed by atoms with Gasteiger partial charge in [0.05, 0.1) is 0 Å². The first-order chi connectivity index (χ1) is 9.15. The minimum Gasteiger partial charge on any atom is -0.326 e. The molecule has 1 aromatic carbocycles. The summed E-state index contributed by atoms with van der Waals surface area (Å²) in [7, 11) is 4.05. The van der Waals surface area contributed by atoms with E-state index in [1.807, 2.05) is 32.3 Å². The zero-order valence-electron chi connectivity index (χ0n) is 11.8. The van der Waals surface area contributed by atoms with Crippen LogP contribution in [0.4, 0.5) is 5.69 Å². The lowest BCUT2D eigenvalue weighted by atomic mass is 10.1. The largest absolute Gasteiger partial charge is 0.326 e. The van der Waals surface area contributed by atoms with Crippen LogP contribution < -0.4 is 10.6 Å². The van der Waals surface area contributed by atoms with Gasteiger partial charge in [0, 0.05) is 31.2 Å². The predicted molar refractivity (Wildman–Crippen MR) is 78.1 cm³/mol. The molecule has 0 atom stereocenters. The molecule has 1 fully saturated rings. The number of para-hydroxylation sites is 1. The third-order valence-electron chi connectivity index (χ3n) is 3.14. The van der Waals surface area contributed by atoms with E-state index < -0.39 is 0 Å². The number of hydrogen-bond acceptors (Lipinski definition) is 3. The molecule has 4 heteroatoms. The lowest BCUT2D eigenvalue weighted by Crippen LogP contribution is -2.23. The van der Waals surface area contributed by atoms with Crippen LogP contribution in [-0.4, -0.2) is 37.5 Å². The molecule has 0 unspecified atom stereocenters. The standard InChI is InChI=1S/C15H23N3O/c1-18(2)11-12-5-3-4-6-14(12)17-15(19)9-10-16-13-7-8-13/h3-6,13,16H,7-11H2,1-2H3,(H,17,19). The molecule has 0 radical (unpaired) electrons. The maximum atomic E-state index is 11.9. The van der Waals surface area contributed by atoms with Gasteiger partial charge in [-0.25, -0.2) is 0 Å². The molecule has 0 bridgehead atoms. The van der Waals surface area contributed by atoms with Crippen LogP contribution in [0.25, 0.3) is 0 Å². The minimum absolute atomic E-state index is 0.0827. The van der Waals surface area contributed by atoms with Crippen LogP contribution in [0.1, 0.15) is 24.8 Å². The van der Waals surface area contributed by atoms with Crippen molar-refractivity contribution in [2.24, 2.45) is 0 Å². The third kappa shape index (κ3) is 5.01. The van der Waals surface area contributed by atoms with Crippen molar-refractivity contribution in [2.75, 3.05) is 26.0 Å². The molecular weight excluding hydrogens is 238 g/mol. The van der Waals surface area contributed by atoms with E-state index in [-0.39, 0.29) is 5.91 Å². The van der Waals surface area contributed by atoms with Gasteiger partial charge in [-0.2, -0.15) is 0 Å². The van der Waals surface area contributed by atoms with Gasteiger partial charge in [-0.3, -0.25) is 4.79 Å². The minimum atomic E-state index is 0.0827. The van der Waals surface area contributed by atoms with Crippen molar-refractivity contribution in [3.8, 4) is 0 Å². The fraction of sp³-hybridized carbons (Fsp3) is 0.533. The zero-order valence-corrected chi connectivity index (χ0v) is 11.8. The Morgan fingerprint density at radius 1 is 1.32 bits per heavy atom. The van der Waals surface area contributed by atoms with Crippen molar-refractivity contribution >= 4 is 11.6 Å². The molecule has 104 valence electrons. The summed E-state index contributed by atoms with van der Waals surface area (Å²) in [6, 6.07) is 8.64. The maximum absolute atomic E-state index is 11.9. The molecule has 0 aliphatic heterocycles. The number of hydrogen-bond donors (Lipinski definition) is 2.